The Labute approximate surface area is 187 Å². The number of aromatic amines is 1. The SMILES string of the molecule is COc1cc(OCCN2CCOCC2)ccc1C1C(C#N)=C(N)Oc2nc(C(F)(F)F)[nH]c21. The number of benzene rings is 1. The average molecular weight is 465 g/mol. The summed E-state index contributed by atoms with van der Waals surface area (Å²) in [4.78, 5) is 7.93. The van der Waals surface area contributed by atoms with Crippen LogP contribution in [-0.4, -0.2) is 61.4 Å². The number of nitrogens with two attached hydrogens (primary N) is 1. The van der Waals surface area contributed by atoms with Gasteiger partial charge in [-0.2, -0.15) is 23.4 Å². The summed E-state index contributed by atoms with van der Waals surface area (Å²) in [6.07, 6.45) is -4.73. The van der Waals surface area contributed by atoms with Gasteiger partial charge in [0.15, 0.2) is 0 Å². The molecule has 1 unspecified atom stereocenters. The number of morpholine rings is 1. The van der Waals surface area contributed by atoms with E-state index in [0.29, 0.717) is 36.9 Å². The van der Waals surface area contributed by atoms with Gasteiger partial charge in [-0.3, -0.25) is 4.90 Å². The summed E-state index contributed by atoms with van der Waals surface area (Å²) in [6, 6.07) is 6.84. The number of nitriles is 1. The number of hydrogen-bond donors (Lipinski definition) is 2. The quantitative estimate of drug-likeness (QED) is 0.668. The Morgan fingerprint density at radius 3 is 2.76 bits per heavy atom. The molecule has 12 heteroatoms. The van der Waals surface area contributed by atoms with Crippen LogP contribution < -0.4 is 19.9 Å². The summed E-state index contributed by atoms with van der Waals surface area (Å²) >= 11 is 0. The van der Waals surface area contributed by atoms with Crippen molar-refractivity contribution in [3.8, 4) is 23.4 Å². The van der Waals surface area contributed by atoms with Crippen molar-refractivity contribution in [1.29, 1.82) is 5.26 Å². The van der Waals surface area contributed by atoms with E-state index in [-0.39, 0.29) is 23.0 Å². The number of hydrogen-bond acceptors (Lipinski definition) is 8. The van der Waals surface area contributed by atoms with Crippen LogP contribution in [0, 0.1) is 11.3 Å². The first-order chi connectivity index (χ1) is 15.8. The molecule has 176 valence electrons. The number of H-pyrrole nitrogens is 1. The largest absolute Gasteiger partial charge is 0.496 e. The highest BCUT2D eigenvalue weighted by atomic mass is 19.4. The van der Waals surface area contributed by atoms with E-state index in [2.05, 4.69) is 14.9 Å². The molecular weight excluding hydrogens is 443 g/mol. The average Bonchev–Trinajstić information content (AvgIpc) is 3.23. The van der Waals surface area contributed by atoms with E-state index >= 15 is 0 Å². The van der Waals surface area contributed by atoms with Crippen LogP contribution in [-0.2, 0) is 10.9 Å². The van der Waals surface area contributed by atoms with Crippen molar-refractivity contribution >= 4 is 0 Å². The second-order valence-corrected chi connectivity index (χ2v) is 7.43. The van der Waals surface area contributed by atoms with E-state index in [4.69, 9.17) is 24.7 Å². The second kappa shape index (κ2) is 9.21. The minimum Gasteiger partial charge on any atom is -0.496 e. The number of imidazole rings is 1. The number of methoxy groups -OCH3 is 1. The van der Waals surface area contributed by atoms with E-state index in [1.807, 2.05) is 6.07 Å². The number of halogens is 3. The summed E-state index contributed by atoms with van der Waals surface area (Å²) in [6.45, 7) is 4.23. The van der Waals surface area contributed by atoms with Gasteiger partial charge >= 0.3 is 6.18 Å². The van der Waals surface area contributed by atoms with E-state index in [0.717, 1.165) is 19.6 Å². The molecule has 1 fully saturated rings. The van der Waals surface area contributed by atoms with Gasteiger partial charge in [0.1, 0.15) is 29.7 Å². The molecule has 2 aliphatic rings. The normalized spacial score (nSPS) is 18.9. The van der Waals surface area contributed by atoms with Crippen LogP contribution in [0.15, 0.2) is 29.7 Å². The van der Waals surface area contributed by atoms with Crippen molar-refractivity contribution in [1.82, 2.24) is 14.9 Å². The smallest absolute Gasteiger partial charge is 0.449 e. The predicted octanol–water partition coefficient (Wildman–Crippen LogP) is 2.37. The maximum absolute atomic E-state index is 13.2. The highest BCUT2D eigenvalue weighted by molar-refractivity contribution is 5.56. The zero-order chi connectivity index (χ0) is 23.6. The Morgan fingerprint density at radius 1 is 1.33 bits per heavy atom. The van der Waals surface area contributed by atoms with Gasteiger partial charge in [0.25, 0.3) is 0 Å². The van der Waals surface area contributed by atoms with Crippen molar-refractivity contribution in [2.45, 2.75) is 12.1 Å². The lowest BCUT2D eigenvalue weighted by atomic mass is 9.87. The number of rotatable bonds is 6. The van der Waals surface area contributed by atoms with Crippen LogP contribution in [0.3, 0.4) is 0 Å². The van der Waals surface area contributed by atoms with Crippen molar-refractivity contribution in [2.24, 2.45) is 5.73 Å². The fourth-order valence-electron chi connectivity index (χ4n) is 3.79. The molecule has 0 spiro atoms. The number of nitrogens with zero attached hydrogens (tertiary/aromatic N) is 3. The van der Waals surface area contributed by atoms with Crippen molar-refractivity contribution in [3.05, 3.63) is 46.7 Å². The van der Waals surface area contributed by atoms with Gasteiger partial charge in [-0.05, 0) is 6.07 Å². The third-order valence-corrected chi connectivity index (χ3v) is 5.43. The van der Waals surface area contributed by atoms with Crippen molar-refractivity contribution in [2.75, 3.05) is 46.6 Å². The van der Waals surface area contributed by atoms with Crippen molar-refractivity contribution < 1.29 is 32.1 Å². The molecule has 1 atom stereocenters. The summed E-state index contributed by atoms with van der Waals surface area (Å²) in [5.41, 5.74) is 6.15. The Balaban J connectivity index is 1.61. The molecule has 33 heavy (non-hydrogen) atoms. The highest BCUT2D eigenvalue weighted by Gasteiger charge is 2.41. The maximum Gasteiger partial charge on any atom is 0.449 e. The minimum atomic E-state index is -4.73. The molecule has 2 aliphatic heterocycles. The molecule has 0 radical (unpaired) electrons. The van der Waals surface area contributed by atoms with Gasteiger partial charge in [-0.1, -0.05) is 6.07 Å². The predicted molar refractivity (Wildman–Crippen MR) is 109 cm³/mol. The number of aromatic nitrogens is 2. The molecule has 4 rings (SSSR count). The fraction of sp³-hybridized carbons (Fsp3) is 0.429. The first-order valence-corrected chi connectivity index (χ1v) is 10.2. The molecule has 2 aromatic rings. The van der Waals surface area contributed by atoms with Gasteiger partial charge < -0.3 is 29.7 Å². The molecule has 3 N–H and O–H groups in total. The summed E-state index contributed by atoms with van der Waals surface area (Å²) in [5, 5.41) is 9.64. The minimum absolute atomic E-state index is 0.0349. The molecule has 0 bridgehead atoms. The molecule has 0 aliphatic carbocycles. The Bertz CT molecular complexity index is 1090. The lowest BCUT2D eigenvalue weighted by molar-refractivity contribution is -0.144. The van der Waals surface area contributed by atoms with Crippen LogP contribution >= 0.6 is 0 Å². The van der Waals surface area contributed by atoms with Gasteiger partial charge in [0, 0.05) is 31.3 Å². The van der Waals surface area contributed by atoms with Crippen LogP contribution in [0.5, 0.6) is 17.4 Å². The molecule has 1 aromatic carbocycles. The summed E-state index contributed by atoms with van der Waals surface area (Å²) in [7, 11) is 1.42. The number of fused-ring (bicyclic) bond motifs is 1. The van der Waals surface area contributed by atoms with Crippen LogP contribution in [0.4, 0.5) is 13.2 Å². The lowest BCUT2D eigenvalue weighted by Gasteiger charge is -2.26. The number of nitrogens with one attached hydrogen (secondary N) is 1. The van der Waals surface area contributed by atoms with E-state index in [9.17, 15) is 18.4 Å². The van der Waals surface area contributed by atoms with Crippen LogP contribution in [0.2, 0.25) is 0 Å². The topological polar surface area (TPSA) is 119 Å². The molecule has 3 heterocycles. The zero-order valence-electron chi connectivity index (χ0n) is 17.7. The van der Waals surface area contributed by atoms with E-state index < -0.39 is 17.9 Å². The standard InChI is InChI=1S/C21H22F3N5O4/c1-30-15-10-12(32-9-6-29-4-7-31-8-5-29)2-3-13(15)16-14(11-25)18(26)33-19-17(16)27-20(28-19)21(22,23)24/h2-3,10,16H,4-9,26H2,1H3,(H,27,28). The highest BCUT2D eigenvalue weighted by Crippen LogP contribution is 2.45. The van der Waals surface area contributed by atoms with Crippen LogP contribution in [0.25, 0.3) is 0 Å². The fourth-order valence-corrected chi connectivity index (χ4v) is 3.79. The molecule has 1 aromatic heterocycles. The number of alkyl halides is 3. The molecule has 1 saturated heterocycles. The zero-order valence-corrected chi connectivity index (χ0v) is 17.7. The van der Waals surface area contributed by atoms with Crippen LogP contribution in [0.1, 0.15) is 23.0 Å². The Hall–Kier alpha value is -3.43. The summed E-state index contributed by atoms with van der Waals surface area (Å²) in [5.74, 6) is -2.04. The first kappa shape index (κ1) is 22.8. The Kier molecular flexibility index (Phi) is 6.35. The summed E-state index contributed by atoms with van der Waals surface area (Å²) < 4.78 is 61.5. The molecule has 0 saturated carbocycles. The Morgan fingerprint density at radius 2 is 2.09 bits per heavy atom. The molecular formula is C21H22F3N5O4. The monoisotopic (exact) mass is 465 g/mol. The van der Waals surface area contributed by atoms with Gasteiger partial charge in [-0.15, -0.1) is 0 Å². The van der Waals surface area contributed by atoms with E-state index in [1.165, 1.54) is 7.11 Å². The molecule has 9 nitrogen and oxygen atoms in total. The van der Waals surface area contributed by atoms with Gasteiger partial charge in [-0.25, -0.2) is 0 Å². The third kappa shape index (κ3) is 4.69. The lowest BCUT2D eigenvalue weighted by Crippen LogP contribution is -2.38. The molecule has 0 amide bonds. The number of ether oxygens (including phenoxy) is 4. The van der Waals surface area contributed by atoms with E-state index in [1.54, 1.807) is 18.2 Å². The van der Waals surface area contributed by atoms with Crippen molar-refractivity contribution in [3.63, 3.8) is 0 Å². The maximum atomic E-state index is 13.2. The first-order valence-electron chi connectivity index (χ1n) is 10.2. The van der Waals surface area contributed by atoms with Gasteiger partial charge in [0.05, 0.1) is 31.9 Å². The number of allylic oxidation sites excluding steroid dienone is 1. The van der Waals surface area contributed by atoms with Gasteiger partial charge in [0.2, 0.25) is 17.6 Å². The third-order valence-electron chi connectivity index (χ3n) is 5.43. The second-order valence-electron chi connectivity index (χ2n) is 7.43.